The van der Waals surface area contributed by atoms with Gasteiger partial charge in [-0.05, 0) is 31.2 Å². The number of hydrogen-bond donors (Lipinski definition) is 1. The Balaban J connectivity index is 1.72. The van der Waals surface area contributed by atoms with Gasteiger partial charge in [-0.2, -0.15) is 0 Å². The lowest BCUT2D eigenvalue weighted by molar-refractivity contribution is -0.384. The first-order valence-electron chi connectivity index (χ1n) is 8.11. The van der Waals surface area contributed by atoms with Crippen LogP contribution in [0.25, 0.3) is 16.2 Å². The highest BCUT2D eigenvalue weighted by Gasteiger charge is 2.12. The number of thiazole rings is 1. The molecule has 2 heterocycles. The number of aromatic nitrogens is 2. The number of nitro benzene ring substituents is 1. The van der Waals surface area contributed by atoms with Crippen LogP contribution >= 0.6 is 11.3 Å². The van der Waals surface area contributed by atoms with E-state index >= 15 is 0 Å². The van der Waals surface area contributed by atoms with Crippen LogP contribution in [0.5, 0.6) is 0 Å². The van der Waals surface area contributed by atoms with Crippen LogP contribution in [0.3, 0.4) is 0 Å². The molecule has 0 aliphatic rings. The Hall–Kier alpha value is -3.52. The lowest BCUT2D eigenvalue weighted by Crippen LogP contribution is -2.14. The third-order valence-corrected chi connectivity index (χ3v) is 4.93. The summed E-state index contributed by atoms with van der Waals surface area (Å²) in [5.41, 5.74) is 3.16. The summed E-state index contributed by atoms with van der Waals surface area (Å²) >= 11 is 1.34. The van der Waals surface area contributed by atoms with Crippen LogP contribution in [-0.2, 0) is 0 Å². The highest BCUT2D eigenvalue weighted by atomic mass is 32.1. The molecular weight excluding hydrogens is 364 g/mol. The minimum atomic E-state index is -0.452. The Labute approximate surface area is 157 Å². The molecule has 0 aliphatic heterocycles. The molecule has 8 heteroatoms. The number of nitrogens with zero attached hydrogens (tertiary/aromatic N) is 3. The van der Waals surface area contributed by atoms with E-state index in [1.165, 1.54) is 33.9 Å². The number of benzene rings is 2. The van der Waals surface area contributed by atoms with E-state index in [4.69, 9.17) is 0 Å². The SMILES string of the molecule is Cc1ccc(Nc2cc(=O)n3c(-c4ccc([N+](=O)[O-])cc4)csc3n2)cc1. The fourth-order valence-electron chi connectivity index (χ4n) is 2.72. The van der Waals surface area contributed by atoms with Crippen molar-refractivity contribution in [3.8, 4) is 11.3 Å². The van der Waals surface area contributed by atoms with Gasteiger partial charge in [0.1, 0.15) is 5.82 Å². The van der Waals surface area contributed by atoms with Crippen molar-refractivity contribution < 1.29 is 4.92 Å². The zero-order chi connectivity index (χ0) is 19.0. The van der Waals surface area contributed by atoms with Crippen molar-refractivity contribution in [3.05, 3.63) is 86.0 Å². The molecule has 0 radical (unpaired) electrons. The molecule has 4 rings (SSSR count). The Morgan fingerprint density at radius 3 is 2.48 bits per heavy atom. The molecule has 0 saturated carbocycles. The predicted octanol–water partition coefficient (Wildman–Crippen LogP) is 4.38. The Morgan fingerprint density at radius 2 is 1.81 bits per heavy atom. The average molecular weight is 378 g/mol. The summed E-state index contributed by atoms with van der Waals surface area (Å²) < 4.78 is 1.51. The molecule has 27 heavy (non-hydrogen) atoms. The summed E-state index contributed by atoms with van der Waals surface area (Å²) in [7, 11) is 0. The zero-order valence-electron chi connectivity index (χ0n) is 14.2. The number of anilines is 2. The third kappa shape index (κ3) is 3.30. The molecule has 0 saturated heterocycles. The molecule has 2 aromatic heterocycles. The topological polar surface area (TPSA) is 89.5 Å². The summed E-state index contributed by atoms with van der Waals surface area (Å²) in [6.45, 7) is 2.01. The van der Waals surface area contributed by atoms with Crippen LogP contribution < -0.4 is 10.9 Å². The van der Waals surface area contributed by atoms with E-state index in [0.29, 0.717) is 16.5 Å². The van der Waals surface area contributed by atoms with Gasteiger partial charge in [0, 0.05) is 34.8 Å². The normalized spacial score (nSPS) is 10.9. The third-order valence-electron chi connectivity index (χ3n) is 4.10. The molecule has 2 aromatic carbocycles. The van der Waals surface area contributed by atoms with Crippen LogP contribution in [0.1, 0.15) is 5.56 Å². The fourth-order valence-corrected chi connectivity index (χ4v) is 3.63. The van der Waals surface area contributed by atoms with Gasteiger partial charge in [0.15, 0.2) is 4.96 Å². The van der Waals surface area contributed by atoms with Gasteiger partial charge in [-0.25, -0.2) is 4.98 Å². The number of nitro groups is 1. The van der Waals surface area contributed by atoms with E-state index in [2.05, 4.69) is 10.3 Å². The molecule has 0 amide bonds. The molecular formula is C19H14N4O3S. The summed E-state index contributed by atoms with van der Waals surface area (Å²) in [4.78, 5) is 28.1. The Bertz CT molecular complexity index is 1190. The lowest BCUT2D eigenvalue weighted by atomic mass is 10.1. The molecule has 0 fully saturated rings. The number of rotatable bonds is 4. The van der Waals surface area contributed by atoms with Crippen molar-refractivity contribution in [2.24, 2.45) is 0 Å². The summed E-state index contributed by atoms with van der Waals surface area (Å²) in [5, 5.41) is 15.8. The van der Waals surface area contributed by atoms with Crippen LogP contribution in [0, 0.1) is 17.0 Å². The van der Waals surface area contributed by atoms with Crippen molar-refractivity contribution in [2.45, 2.75) is 6.92 Å². The maximum Gasteiger partial charge on any atom is 0.269 e. The predicted molar refractivity (Wildman–Crippen MR) is 106 cm³/mol. The first-order valence-corrected chi connectivity index (χ1v) is 8.99. The van der Waals surface area contributed by atoms with E-state index in [9.17, 15) is 14.9 Å². The number of nitrogens with one attached hydrogen (secondary N) is 1. The van der Waals surface area contributed by atoms with Crippen molar-refractivity contribution >= 4 is 33.5 Å². The molecule has 7 nitrogen and oxygen atoms in total. The summed E-state index contributed by atoms with van der Waals surface area (Å²) in [5.74, 6) is 0.473. The average Bonchev–Trinajstić information content (AvgIpc) is 3.08. The minimum absolute atomic E-state index is 0.00772. The van der Waals surface area contributed by atoms with E-state index in [1.807, 2.05) is 36.6 Å². The standard InChI is InChI=1S/C19H14N4O3S/c1-12-2-6-14(7-3-12)20-17-10-18(24)22-16(11-27-19(22)21-17)13-4-8-15(9-5-13)23(25)26/h2-11,20H,1H3. The van der Waals surface area contributed by atoms with Gasteiger partial charge in [0.2, 0.25) is 0 Å². The van der Waals surface area contributed by atoms with Gasteiger partial charge in [-0.3, -0.25) is 19.3 Å². The second-order valence-corrected chi connectivity index (χ2v) is 6.85. The van der Waals surface area contributed by atoms with Gasteiger partial charge in [-0.1, -0.05) is 17.7 Å². The lowest BCUT2D eigenvalue weighted by Gasteiger charge is -2.07. The van der Waals surface area contributed by atoms with Gasteiger partial charge in [0.25, 0.3) is 11.2 Å². The van der Waals surface area contributed by atoms with Gasteiger partial charge in [0.05, 0.1) is 10.6 Å². The number of fused-ring (bicyclic) bond motifs is 1. The molecule has 0 aliphatic carbocycles. The quantitative estimate of drug-likeness (QED) is 0.420. The van der Waals surface area contributed by atoms with Crippen LogP contribution in [0.15, 0.2) is 64.8 Å². The molecule has 0 spiro atoms. The number of hydrogen-bond acceptors (Lipinski definition) is 6. The van der Waals surface area contributed by atoms with E-state index < -0.39 is 4.92 Å². The van der Waals surface area contributed by atoms with Gasteiger partial charge >= 0.3 is 0 Å². The van der Waals surface area contributed by atoms with Crippen LogP contribution in [0.4, 0.5) is 17.2 Å². The largest absolute Gasteiger partial charge is 0.340 e. The molecule has 134 valence electrons. The number of aryl methyl sites for hydroxylation is 1. The number of non-ortho nitro benzene ring substituents is 1. The van der Waals surface area contributed by atoms with Crippen LogP contribution in [0.2, 0.25) is 0 Å². The first kappa shape index (κ1) is 16.9. The molecule has 4 aromatic rings. The molecule has 1 N–H and O–H groups in total. The minimum Gasteiger partial charge on any atom is -0.340 e. The highest BCUT2D eigenvalue weighted by molar-refractivity contribution is 7.15. The molecule has 0 unspecified atom stereocenters. The van der Waals surface area contributed by atoms with E-state index in [0.717, 1.165) is 16.8 Å². The zero-order valence-corrected chi connectivity index (χ0v) is 15.1. The van der Waals surface area contributed by atoms with Crippen molar-refractivity contribution in [1.29, 1.82) is 0 Å². The fraction of sp³-hybridized carbons (Fsp3) is 0.0526. The van der Waals surface area contributed by atoms with Crippen molar-refractivity contribution in [1.82, 2.24) is 9.38 Å². The van der Waals surface area contributed by atoms with Crippen molar-refractivity contribution in [3.63, 3.8) is 0 Å². The summed E-state index contributed by atoms with van der Waals surface area (Å²) in [6, 6.07) is 15.3. The maximum absolute atomic E-state index is 12.7. The molecule has 0 atom stereocenters. The van der Waals surface area contributed by atoms with E-state index in [-0.39, 0.29) is 11.2 Å². The van der Waals surface area contributed by atoms with E-state index in [1.54, 1.807) is 12.1 Å². The summed E-state index contributed by atoms with van der Waals surface area (Å²) in [6.07, 6.45) is 0. The van der Waals surface area contributed by atoms with Gasteiger partial charge < -0.3 is 5.32 Å². The molecule has 0 bridgehead atoms. The Morgan fingerprint density at radius 1 is 1.11 bits per heavy atom. The van der Waals surface area contributed by atoms with Gasteiger partial charge in [-0.15, -0.1) is 11.3 Å². The second kappa shape index (κ2) is 6.65. The first-order chi connectivity index (χ1) is 13.0. The Kier molecular flexibility index (Phi) is 4.17. The van der Waals surface area contributed by atoms with Crippen molar-refractivity contribution in [2.75, 3.05) is 5.32 Å². The van der Waals surface area contributed by atoms with Crippen LogP contribution in [-0.4, -0.2) is 14.3 Å². The monoisotopic (exact) mass is 378 g/mol. The maximum atomic E-state index is 12.7. The second-order valence-electron chi connectivity index (χ2n) is 6.01. The smallest absolute Gasteiger partial charge is 0.269 e. The highest BCUT2D eigenvalue weighted by Crippen LogP contribution is 2.26.